The minimum atomic E-state index is -0.344. The molecule has 1 aliphatic rings. The van der Waals surface area contributed by atoms with Crippen LogP contribution in [-0.2, 0) is 17.6 Å². The van der Waals surface area contributed by atoms with E-state index in [4.69, 9.17) is 9.47 Å². The maximum absolute atomic E-state index is 14.2. The molecule has 0 aliphatic carbocycles. The highest BCUT2D eigenvalue weighted by molar-refractivity contribution is 7.17. The van der Waals surface area contributed by atoms with Gasteiger partial charge in [-0.15, -0.1) is 11.3 Å². The van der Waals surface area contributed by atoms with Crippen molar-refractivity contribution in [1.82, 2.24) is 5.32 Å². The molecular weight excluding hydrogens is 429 g/mol. The average Bonchev–Trinajstić information content (AvgIpc) is 3.43. The zero-order valence-corrected chi connectivity index (χ0v) is 18.8. The third kappa shape index (κ3) is 4.99. The van der Waals surface area contributed by atoms with Crippen molar-refractivity contribution in [2.75, 3.05) is 13.7 Å². The number of amides is 1. The summed E-state index contributed by atoms with van der Waals surface area (Å²) in [7, 11) is 1.61. The lowest BCUT2D eigenvalue weighted by molar-refractivity contribution is -0.121. The SMILES string of the molecule is COc1cccc(CCC(=O)NCC2Cc3cc(F)cc(-c4ccc(C(C)=O)s4)c3O2)c1. The Morgan fingerprint density at radius 3 is 2.81 bits per heavy atom. The van der Waals surface area contributed by atoms with Crippen LogP contribution in [0.2, 0.25) is 0 Å². The predicted molar refractivity (Wildman–Crippen MR) is 122 cm³/mol. The summed E-state index contributed by atoms with van der Waals surface area (Å²) < 4.78 is 25.5. The summed E-state index contributed by atoms with van der Waals surface area (Å²) in [4.78, 5) is 25.4. The molecule has 1 aromatic heterocycles. The Morgan fingerprint density at radius 2 is 2.06 bits per heavy atom. The molecule has 7 heteroatoms. The molecule has 0 saturated heterocycles. The third-order valence-corrected chi connectivity index (χ3v) is 6.60. The van der Waals surface area contributed by atoms with Gasteiger partial charge in [-0.2, -0.15) is 0 Å². The molecule has 1 unspecified atom stereocenters. The summed E-state index contributed by atoms with van der Waals surface area (Å²) in [6.45, 7) is 1.85. The standard InChI is InChI=1S/C25H24FNO4S/c1-15(28)22-7-8-23(32-22)21-13-18(26)11-17-12-20(31-25(17)21)14-27-24(29)9-6-16-4-3-5-19(10-16)30-2/h3-5,7-8,10-11,13,20H,6,9,12,14H2,1-2H3,(H,27,29). The van der Waals surface area contributed by atoms with Crippen molar-refractivity contribution in [3.63, 3.8) is 0 Å². The minimum absolute atomic E-state index is 0.0234. The molecule has 166 valence electrons. The molecule has 0 fully saturated rings. The molecule has 0 spiro atoms. The van der Waals surface area contributed by atoms with Crippen molar-refractivity contribution in [1.29, 1.82) is 0 Å². The van der Waals surface area contributed by atoms with E-state index in [9.17, 15) is 14.0 Å². The van der Waals surface area contributed by atoms with Crippen molar-refractivity contribution in [3.8, 4) is 21.9 Å². The fourth-order valence-corrected chi connectivity index (χ4v) is 4.68. The molecule has 4 rings (SSSR count). The molecule has 2 aromatic carbocycles. The Morgan fingerprint density at radius 1 is 1.22 bits per heavy atom. The van der Waals surface area contributed by atoms with Crippen molar-refractivity contribution < 1.29 is 23.5 Å². The van der Waals surface area contributed by atoms with Gasteiger partial charge in [0.2, 0.25) is 5.91 Å². The van der Waals surface area contributed by atoms with Crippen LogP contribution in [0.25, 0.3) is 10.4 Å². The number of rotatable bonds is 8. The first kappa shape index (κ1) is 22.0. The molecule has 1 N–H and O–H groups in total. The summed E-state index contributed by atoms with van der Waals surface area (Å²) in [5, 5.41) is 2.92. The number of carbonyl (C=O) groups is 2. The fourth-order valence-electron chi connectivity index (χ4n) is 3.77. The number of Topliss-reactive ketones (excluding diaryl/α,β-unsaturated/α-hetero) is 1. The van der Waals surface area contributed by atoms with Gasteiger partial charge in [0, 0.05) is 28.8 Å². The molecule has 3 aromatic rings. The molecule has 32 heavy (non-hydrogen) atoms. The molecule has 2 heterocycles. The van der Waals surface area contributed by atoms with Crippen molar-refractivity contribution in [2.45, 2.75) is 32.3 Å². The van der Waals surface area contributed by atoms with Crippen LogP contribution in [0.15, 0.2) is 48.5 Å². The largest absolute Gasteiger partial charge is 0.497 e. The second kappa shape index (κ2) is 9.53. The van der Waals surface area contributed by atoms with Crippen molar-refractivity contribution in [2.24, 2.45) is 0 Å². The van der Waals surface area contributed by atoms with E-state index in [1.807, 2.05) is 30.3 Å². The number of aryl methyl sites for hydroxylation is 1. The lowest BCUT2D eigenvalue weighted by Gasteiger charge is -2.13. The minimum Gasteiger partial charge on any atom is -0.497 e. The summed E-state index contributed by atoms with van der Waals surface area (Å²) in [6, 6.07) is 14.1. The maximum atomic E-state index is 14.2. The van der Waals surface area contributed by atoms with Gasteiger partial charge in [-0.25, -0.2) is 4.39 Å². The number of ketones is 1. The van der Waals surface area contributed by atoms with E-state index in [0.717, 1.165) is 21.8 Å². The summed E-state index contributed by atoms with van der Waals surface area (Å²) in [5.41, 5.74) is 2.45. The van der Waals surface area contributed by atoms with Crippen LogP contribution >= 0.6 is 11.3 Å². The number of benzene rings is 2. The average molecular weight is 454 g/mol. The Bertz CT molecular complexity index is 1160. The summed E-state index contributed by atoms with van der Waals surface area (Å²) in [6.07, 6.45) is 1.22. The van der Waals surface area contributed by atoms with Crippen LogP contribution in [-0.4, -0.2) is 31.4 Å². The summed E-state index contributed by atoms with van der Waals surface area (Å²) >= 11 is 1.32. The number of nitrogens with one attached hydrogen (secondary N) is 1. The maximum Gasteiger partial charge on any atom is 0.220 e. The van der Waals surface area contributed by atoms with E-state index < -0.39 is 0 Å². The van der Waals surface area contributed by atoms with E-state index in [1.165, 1.54) is 30.4 Å². The van der Waals surface area contributed by atoms with Crippen LogP contribution in [0.4, 0.5) is 4.39 Å². The number of carbonyl (C=O) groups excluding carboxylic acids is 2. The van der Waals surface area contributed by atoms with E-state index in [2.05, 4.69) is 5.32 Å². The quantitative estimate of drug-likeness (QED) is 0.497. The van der Waals surface area contributed by atoms with E-state index in [0.29, 0.717) is 42.0 Å². The van der Waals surface area contributed by atoms with Gasteiger partial charge in [-0.3, -0.25) is 9.59 Å². The second-order valence-electron chi connectivity index (χ2n) is 7.76. The Balaban J connectivity index is 1.36. The predicted octanol–water partition coefficient (Wildman–Crippen LogP) is 4.82. The van der Waals surface area contributed by atoms with E-state index in [-0.39, 0.29) is 23.6 Å². The van der Waals surface area contributed by atoms with Gasteiger partial charge in [0.05, 0.1) is 18.5 Å². The molecule has 1 atom stereocenters. The van der Waals surface area contributed by atoms with E-state index in [1.54, 1.807) is 13.2 Å². The molecule has 0 radical (unpaired) electrons. The molecule has 5 nitrogen and oxygen atoms in total. The van der Waals surface area contributed by atoms with Crippen LogP contribution in [0.3, 0.4) is 0 Å². The number of thiophene rings is 1. The van der Waals surface area contributed by atoms with Gasteiger partial charge < -0.3 is 14.8 Å². The van der Waals surface area contributed by atoms with Crippen molar-refractivity contribution in [3.05, 3.63) is 70.4 Å². The fraction of sp³-hybridized carbons (Fsp3) is 0.280. The first-order valence-electron chi connectivity index (χ1n) is 10.4. The lowest BCUT2D eigenvalue weighted by atomic mass is 10.0. The number of methoxy groups -OCH3 is 1. The Labute approximate surface area is 190 Å². The first-order valence-corrected chi connectivity index (χ1v) is 11.2. The topological polar surface area (TPSA) is 64.6 Å². The Kier molecular flexibility index (Phi) is 6.55. The zero-order chi connectivity index (χ0) is 22.7. The highest BCUT2D eigenvalue weighted by Gasteiger charge is 2.28. The Hall–Kier alpha value is -3.19. The van der Waals surface area contributed by atoms with Gasteiger partial charge in [0.25, 0.3) is 0 Å². The van der Waals surface area contributed by atoms with Crippen LogP contribution in [0.1, 0.15) is 34.1 Å². The highest BCUT2D eigenvalue weighted by Crippen LogP contribution is 2.42. The zero-order valence-electron chi connectivity index (χ0n) is 17.9. The first-order chi connectivity index (χ1) is 15.4. The van der Waals surface area contributed by atoms with Gasteiger partial charge >= 0.3 is 0 Å². The molecule has 0 saturated carbocycles. The number of hydrogen-bond donors (Lipinski definition) is 1. The van der Waals surface area contributed by atoms with Gasteiger partial charge in [0.1, 0.15) is 23.4 Å². The second-order valence-corrected chi connectivity index (χ2v) is 8.85. The number of fused-ring (bicyclic) bond motifs is 1. The monoisotopic (exact) mass is 453 g/mol. The van der Waals surface area contributed by atoms with Crippen LogP contribution in [0.5, 0.6) is 11.5 Å². The number of hydrogen-bond acceptors (Lipinski definition) is 5. The van der Waals surface area contributed by atoms with Gasteiger partial charge in [0.15, 0.2) is 5.78 Å². The van der Waals surface area contributed by atoms with E-state index >= 15 is 0 Å². The lowest BCUT2D eigenvalue weighted by Crippen LogP contribution is -2.34. The number of ether oxygens (including phenoxy) is 2. The smallest absolute Gasteiger partial charge is 0.220 e. The molecule has 0 bridgehead atoms. The third-order valence-electron chi connectivity index (χ3n) is 5.38. The molecular formula is C25H24FNO4S. The van der Waals surface area contributed by atoms with Crippen LogP contribution < -0.4 is 14.8 Å². The normalized spacial score (nSPS) is 14.5. The molecule has 1 amide bonds. The van der Waals surface area contributed by atoms with Gasteiger partial charge in [-0.1, -0.05) is 12.1 Å². The summed E-state index contributed by atoms with van der Waals surface area (Å²) in [5.74, 6) is 0.958. The molecule has 1 aliphatic heterocycles. The number of halogens is 1. The van der Waals surface area contributed by atoms with Crippen LogP contribution in [0, 0.1) is 5.82 Å². The highest BCUT2D eigenvalue weighted by atomic mass is 32.1. The van der Waals surface area contributed by atoms with Gasteiger partial charge in [-0.05, 0) is 55.3 Å². The van der Waals surface area contributed by atoms with Crippen molar-refractivity contribution >= 4 is 23.0 Å².